The molecule has 1 atom stereocenters. The summed E-state index contributed by atoms with van der Waals surface area (Å²) in [5.41, 5.74) is 0.828. The van der Waals surface area contributed by atoms with E-state index in [2.05, 4.69) is 11.9 Å². The lowest BCUT2D eigenvalue weighted by molar-refractivity contribution is 0.239. The van der Waals surface area contributed by atoms with Crippen LogP contribution >= 0.6 is 11.6 Å². The fourth-order valence-corrected chi connectivity index (χ4v) is 4.47. The Kier molecular flexibility index (Phi) is 5.41. The average molecular weight is 317 g/mol. The molecule has 0 N–H and O–H groups in total. The summed E-state index contributed by atoms with van der Waals surface area (Å²) in [6, 6.07) is 3.41. The Balaban J connectivity index is 2.26. The molecular formula is C14H21ClN2O2S. The number of alkyl halides is 1. The second-order valence-electron chi connectivity index (χ2n) is 5.19. The van der Waals surface area contributed by atoms with Crippen LogP contribution in [0.5, 0.6) is 0 Å². The van der Waals surface area contributed by atoms with Gasteiger partial charge in [-0.15, -0.1) is 11.6 Å². The molecule has 1 aliphatic rings. The Labute approximate surface area is 126 Å². The van der Waals surface area contributed by atoms with Crippen LogP contribution in [0.2, 0.25) is 0 Å². The lowest BCUT2D eigenvalue weighted by atomic mass is 10.0. The molecule has 1 aliphatic heterocycles. The van der Waals surface area contributed by atoms with Gasteiger partial charge >= 0.3 is 0 Å². The van der Waals surface area contributed by atoms with E-state index in [0.29, 0.717) is 12.4 Å². The maximum absolute atomic E-state index is 12.7. The minimum Gasteiger partial charge on any atom is -0.243 e. The molecule has 0 saturated carbocycles. The van der Waals surface area contributed by atoms with E-state index in [4.69, 9.17) is 11.6 Å². The number of hydrogen-bond donors (Lipinski definition) is 0. The van der Waals surface area contributed by atoms with Gasteiger partial charge in [-0.05, 0) is 30.9 Å². The van der Waals surface area contributed by atoms with Gasteiger partial charge in [0.05, 0.1) is 0 Å². The molecule has 1 unspecified atom stereocenters. The van der Waals surface area contributed by atoms with Crippen molar-refractivity contribution in [1.29, 1.82) is 0 Å². The predicted molar refractivity (Wildman–Crippen MR) is 80.2 cm³/mol. The number of pyridine rings is 1. The molecule has 2 rings (SSSR count). The van der Waals surface area contributed by atoms with E-state index in [1.54, 1.807) is 22.6 Å². The van der Waals surface area contributed by atoms with E-state index in [1.807, 2.05) is 0 Å². The Hall–Kier alpha value is -0.650. The second-order valence-corrected chi connectivity index (χ2v) is 7.30. The van der Waals surface area contributed by atoms with E-state index in [-0.39, 0.29) is 11.1 Å². The van der Waals surface area contributed by atoms with Gasteiger partial charge in [-0.1, -0.05) is 25.8 Å². The standard InChI is InChI=1S/C14H21ClN2O2S/c1-2-5-13-6-3-4-9-17(13)20(18,19)14-8-7-12(10-15)11-16-14/h7-8,11,13H,2-6,9-10H2,1H3. The van der Waals surface area contributed by atoms with Crippen LogP contribution in [0.15, 0.2) is 23.4 Å². The van der Waals surface area contributed by atoms with Crippen molar-refractivity contribution < 1.29 is 8.42 Å². The molecule has 1 aromatic rings. The molecule has 1 aromatic heterocycles. The quantitative estimate of drug-likeness (QED) is 0.784. The smallest absolute Gasteiger partial charge is 0.243 e. The number of rotatable bonds is 5. The van der Waals surface area contributed by atoms with Crippen LogP contribution < -0.4 is 0 Å². The van der Waals surface area contributed by atoms with Gasteiger partial charge in [-0.25, -0.2) is 13.4 Å². The number of nitrogens with zero attached hydrogens (tertiary/aromatic N) is 2. The molecule has 112 valence electrons. The summed E-state index contributed by atoms with van der Waals surface area (Å²) in [4.78, 5) is 4.08. The van der Waals surface area contributed by atoms with Crippen LogP contribution in [0.1, 0.15) is 44.6 Å². The molecule has 0 bridgehead atoms. The third-order valence-corrected chi connectivity index (χ3v) is 5.90. The van der Waals surface area contributed by atoms with Gasteiger partial charge in [0.2, 0.25) is 0 Å². The predicted octanol–water partition coefficient (Wildman–Crippen LogP) is 3.16. The van der Waals surface area contributed by atoms with Crippen LogP contribution in [0.25, 0.3) is 0 Å². The Bertz CT molecular complexity index is 529. The molecule has 20 heavy (non-hydrogen) atoms. The molecule has 0 aliphatic carbocycles. The van der Waals surface area contributed by atoms with Crippen LogP contribution in [0.3, 0.4) is 0 Å². The number of hydrogen-bond acceptors (Lipinski definition) is 3. The SMILES string of the molecule is CCCC1CCCCN1S(=O)(=O)c1ccc(CCl)cn1. The van der Waals surface area contributed by atoms with Crippen LogP contribution in [0.4, 0.5) is 0 Å². The van der Waals surface area contributed by atoms with Crippen molar-refractivity contribution in [3.8, 4) is 0 Å². The summed E-state index contributed by atoms with van der Waals surface area (Å²) in [5, 5.41) is 0.134. The molecule has 0 radical (unpaired) electrons. The molecule has 0 amide bonds. The average Bonchev–Trinajstić information content (AvgIpc) is 2.48. The number of piperidine rings is 1. The molecule has 1 saturated heterocycles. The highest BCUT2D eigenvalue weighted by Gasteiger charge is 2.33. The molecule has 0 aromatic carbocycles. The third-order valence-electron chi connectivity index (χ3n) is 3.72. The number of halogens is 1. The maximum atomic E-state index is 12.7. The molecule has 6 heteroatoms. The van der Waals surface area contributed by atoms with Crippen LogP contribution in [0, 0.1) is 0 Å². The monoisotopic (exact) mass is 316 g/mol. The zero-order chi connectivity index (χ0) is 14.6. The van der Waals surface area contributed by atoms with Gasteiger partial charge in [0.25, 0.3) is 10.0 Å². The first-order chi connectivity index (χ1) is 9.59. The van der Waals surface area contributed by atoms with E-state index in [1.165, 1.54) is 0 Å². The molecule has 2 heterocycles. The summed E-state index contributed by atoms with van der Waals surface area (Å²) < 4.78 is 27.0. The Morgan fingerprint density at radius 1 is 1.40 bits per heavy atom. The normalized spacial score (nSPS) is 21.0. The van der Waals surface area contributed by atoms with E-state index < -0.39 is 10.0 Å². The first-order valence-electron chi connectivity index (χ1n) is 7.12. The molecule has 4 nitrogen and oxygen atoms in total. The third kappa shape index (κ3) is 3.32. The van der Waals surface area contributed by atoms with Gasteiger partial charge in [0, 0.05) is 24.7 Å². The Morgan fingerprint density at radius 3 is 2.80 bits per heavy atom. The fourth-order valence-electron chi connectivity index (χ4n) is 2.67. The largest absolute Gasteiger partial charge is 0.260 e. The maximum Gasteiger partial charge on any atom is 0.260 e. The summed E-state index contributed by atoms with van der Waals surface area (Å²) >= 11 is 5.71. The number of sulfonamides is 1. The summed E-state index contributed by atoms with van der Waals surface area (Å²) in [7, 11) is -3.48. The van der Waals surface area contributed by atoms with Gasteiger partial charge < -0.3 is 0 Å². The fraction of sp³-hybridized carbons (Fsp3) is 0.643. The van der Waals surface area contributed by atoms with Gasteiger partial charge in [-0.3, -0.25) is 0 Å². The minimum atomic E-state index is -3.48. The van der Waals surface area contributed by atoms with Gasteiger partial charge in [-0.2, -0.15) is 4.31 Å². The summed E-state index contributed by atoms with van der Waals surface area (Å²) in [5.74, 6) is 0.343. The minimum absolute atomic E-state index is 0.119. The van der Waals surface area contributed by atoms with Crippen molar-refractivity contribution in [1.82, 2.24) is 9.29 Å². The van der Waals surface area contributed by atoms with Gasteiger partial charge in [0.1, 0.15) is 0 Å². The van der Waals surface area contributed by atoms with Crippen LogP contribution in [-0.4, -0.2) is 30.3 Å². The topological polar surface area (TPSA) is 50.3 Å². The van der Waals surface area contributed by atoms with Crippen molar-refractivity contribution in [2.24, 2.45) is 0 Å². The highest BCUT2D eigenvalue weighted by atomic mass is 35.5. The van der Waals surface area contributed by atoms with Crippen molar-refractivity contribution in [3.05, 3.63) is 23.9 Å². The molecular weight excluding hydrogens is 296 g/mol. The molecule has 1 fully saturated rings. The zero-order valence-electron chi connectivity index (χ0n) is 11.8. The highest BCUT2D eigenvalue weighted by molar-refractivity contribution is 7.89. The highest BCUT2D eigenvalue weighted by Crippen LogP contribution is 2.27. The molecule has 0 spiro atoms. The number of aromatic nitrogens is 1. The first-order valence-corrected chi connectivity index (χ1v) is 9.09. The lowest BCUT2D eigenvalue weighted by Crippen LogP contribution is -2.43. The lowest BCUT2D eigenvalue weighted by Gasteiger charge is -2.34. The zero-order valence-corrected chi connectivity index (χ0v) is 13.3. The second kappa shape index (κ2) is 6.87. The van der Waals surface area contributed by atoms with Crippen molar-refractivity contribution in [2.75, 3.05) is 6.54 Å². The summed E-state index contributed by atoms with van der Waals surface area (Å²) in [6.45, 7) is 2.69. The van der Waals surface area contributed by atoms with Crippen LogP contribution in [-0.2, 0) is 15.9 Å². The van der Waals surface area contributed by atoms with E-state index >= 15 is 0 Å². The van der Waals surface area contributed by atoms with Crippen molar-refractivity contribution in [2.45, 2.75) is 56.0 Å². The summed E-state index contributed by atoms with van der Waals surface area (Å²) in [6.07, 6.45) is 6.44. The van der Waals surface area contributed by atoms with Crippen molar-refractivity contribution in [3.63, 3.8) is 0 Å². The van der Waals surface area contributed by atoms with Gasteiger partial charge in [0.15, 0.2) is 5.03 Å². The first kappa shape index (κ1) is 15.7. The van der Waals surface area contributed by atoms with E-state index in [9.17, 15) is 8.42 Å². The van der Waals surface area contributed by atoms with Crippen molar-refractivity contribution >= 4 is 21.6 Å². The Morgan fingerprint density at radius 2 is 2.20 bits per heavy atom. The van der Waals surface area contributed by atoms with E-state index in [0.717, 1.165) is 37.7 Å².